The van der Waals surface area contributed by atoms with Gasteiger partial charge in [0.05, 0.1) is 10.9 Å². The van der Waals surface area contributed by atoms with E-state index in [0.717, 1.165) is 0 Å². The van der Waals surface area contributed by atoms with Crippen molar-refractivity contribution in [3.63, 3.8) is 0 Å². The van der Waals surface area contributed by atoms with Gasteiger partial charge < -0.3 is 13.6 Å². The summed E-state index contributed by atoms with van der Waals surface area (Å²) in [5.74, 6) is 1.25. The first-order chi connectivity index (χ1) is 7.59. The Morgan fingerprint density at radius 3 is 2.81 bits per heavy atom. The highest BCUT2D eigenvalue weighted by Gasteiger charge is 2.48. The molecule has 2 aliphatic heterocycles. The molecule has 8 heteroatoms. The van der Waals surface area contributed by atoms with Gasteiger partial charge in [0.1, 0.15) is 4.60 Å². The van der Waals surface area contributed by atoms with Crippen LogP contribution in [-0.2, 0) is 4.57 Å². The van der Waals surface area contributed by atoms with Crippen molar-refractivity contribution in [2.45, 2.75) is 0 Å². The molecule has 1 atom stereocenters. The quantitative estimate of drug-likeness (QED) is 0.694. The molecule has 5 nitrogen and oxygen atoms in total. The van der Waals surface area contributed by atoms with Crippen LogP contribution in [-0.4, -0.2) is 4.09 Å². The minimum Gasteiger partial charge on any atom is -0.382 e. The standard InChI is InChI=1S/C8H2BrClNO4P/c9-8-7-5-3(11(8)10)1-2-4-6(5)14-16(12,13-4)15-7/h1-2H. The number of nitrogens with zero attached hydrogens (tertiary/aromatic N) is 1. The number of benzene rings is 1. The van der Waals surface area contributed by atoms with Crippen LogP contribution in [0.4, 0.5) is 0 Å². The number of hydrogen-bond acceptors (Lipinski definition) is 4. The van der Waals surface area contributed by atoms with E-state index < -0.39 is 7.82 Å². The fraction of sp³-hybridized carbons (Fsp3) is 0. The van der Waals surface area contributed by atoms with Gasteiger partial charge in [0.25, 0.3) is 0 Å². The van der Waals surface area contributed by atoms with E-state index in [4.69, 9.17) is 25.3 Å². The molecule has 2 aromatic rings. The van der Waals surface area contributed by atoms with E-state index in [0.29, 0.717) is 32.8 Å². The van der Waals surface area contributed by atoms with Gasteiger partial charge in [-0.15, -0.1) is 0 Å². The molecule has 0 amide bonds. The van der Waals surface area contributed by atoms with Crippen LogP contribution >= 0.6 is 35.5 Å². The molecule has 0 spiro atoms. The van der Waals surface area contributed by atoms with Crippen LogP contribution in [0.5, 0.6) is 17.2 Å². The molecular formula is C8H2BrClNO4P. The topological polar surface area (TPSA) is 49.7 Å². The van der Waals surface area contributed by atoms with E-state index in [9.17, 15) is 4.57 Å². The van der Waals surface area contributed by atoms with Gasteiger partial charge in [0.15, 0.2) is 17.2 Å². The first kappa shape index (κ1) is 9.22. The van der Waals surface area contributed by atoms with E-state index >= 15 is 0 Å². The van der Waals surface area contributed by atoms with E-state index in [1.807, 2.05) is 0 Å². The smallest absolute Gasteiger partial charge is 0.382 e. The molecule has 2 bridgehead atoms. The summed E-state index contributed by atoms with van der Waals surface area (Å²) in [5.41, 5.74) is 0.707. The maximum absolute atomic E-state index is 11.9. The number of phosphoric acid groups is 1. The minimum absolute atomic E-state index is 0.397. The molecule has 16 heavy (non-hydrogen) atoms. The van der Waals surface area contributed by atoms with E-state index in [1.165, 1.54) is 4.09 Å². The highest BCUT2D eigenvalue weighted by Crippen LogP contribution is 2.67. The molecule has 0 aliphatic carbocycles. The third kappa shape index (κ3) is 0.875. The van der Waals surface area contributed by atoms with E-state index in [-0.39, 0.29) is 0 Å². The average Bonchev–Trinajstić information content (AvgIpc) is 2.68. The second kappa shape index (κ2) is 2.53. The lowest BCUT2D eigenvalue weighted by molar-refractivity contribution is 0.327. The molecule has 1 aromatic carbocycles. The van der Waals surface area contributed by atoms with Crippen molar-refractivity contribution >= 4 is 46.4 Å². The maximum atomic E-state index is 11.9. The van der Waals surface area contributed by atoms with Crippen molar-refractivity contribution in [3.8, 4) is 17.2 Å². The van der Waals surface area contributed by atoms with Gasteiger partial charge in [-0.2, -0.15) is 4.57 Å². The van der Waals surface area contributed by atoms with Crippen molar-refractivity contribution in [1.82, 2.24) is 4.09 Å². The molecule has 1 unspecified atom stereocenters. The Balaban J connectivity index is 2.30. The van der Waals surface area contributed by atoms with Crippen molar-refractivity contribution in [3.05, 3.63) is 16.7 Å². The number of fused-ring (bicyclic) bond motifs is 1. The average molecular weight is 322 g/mol. The van der Waals surface area contributed by atoms with Gasteiger partial charge in [-0.25, -0.2) is 4.09 Å². The summed E-state index contributed by atoms with van der Waals surface area (Å²) in [7, 11) is -3.53. The van der Waals surface area contributed by atoms with Gasteiger partial charge >= 0.3 is 7.82 Å². The van der Waals surface area contributed by atoms with Crippen LogP contribution in [0.3, 0.4) is 0 Å². The number of hydrogen-bond donors (Lipinski definition) is 0. The number of rotatable bonds is 0. The van der Waals surface area contributed by atoms with Gasteiger partial charge in [-0.05, 0) is 28.1 Å². The summed E-state index contributed by atoms with van der Waals surface area (Å²) in [6, 6.07) is 3.41. The summed E-state index contributed by atoms with van der Waals surface area (Å²) in [6.07, 6.45) is 0. The molecule has 82 valence electrons. The summed E-state index contributed by atoms with van der Waals surface area (Å²) >= 11 is 9.31. The molecular weight excluding hydrogens is 320 g/mol. The number of phosphoric ester groups is 1. The number of halogens is 2. The first-order valence-electron chi connectivity index (χ1n) is 4.31. The Morgan fingerprint density at radius 1 is 1.25 bits per heavy atom. The molecule has 4 rings (SSSR count). The van der Waals surface area contributed by atoms with Crippen molar-refractivity contribution in [2.24, 2.45) is 0 Å². The zero-order valence-corrected chi connectivity index (χ0v) is 10.7. The zero-order valence-electron chi connectivity index (χ0n) is 7.44. The fourth-order valence-electron chi connectivity index (χ4n) is 1.88. The van der Waals surface area contributed by atoms with E-state index in [1.54, 1.807) is 12.1 Å². The van der Waals surface area contributed by atoms with Gasteiger partial charge in [0, 0.05) is 11.8 Å². The van der Waals surface area contributed by atoms with Crippen LogP contribution < -0.4 is 13.6 Å². The molecule has 1 aromatic heterocycles. The SMILES string of the molecule is O=P12Oc3ccc4c(c3O1)c(c(Br)n4Cl)O2. The molecule has 0 radical (unpaired) electrons. The fourth-order valence-corrected chi connectivity index (χ4v) is 4.00. The van der Waals surface area contributed by atoms with Crippen molar-refractivity contribution < 1.29 is 18.1 Å². The van der Waals surface area contributed by atoms with Gasteiger partial charge in [-0.3, -0.25) is 0 Å². The lowest BCUT2D eigenvalue weighted by Gasteiger charge is -2.13. The van der Waals surface area contributed by atoms with Gasteiger partial charge in [-0.1, -0.05) is 0 Å². The Kier molecular flexibility index (Phi) is 1.45. The van der Waals surface area contributed by atoms with Crippen LogP contribution in [0.2, 0.25) is 0 Å². The first-order valence-corrected chi connectivity index (χ1v) is 6.90. The zero-order chi connectivity index (χ0) is 11.1. The summed E-state index contributed by atoms with van der Waals surface area (Å²) in [6.45, 7) is 0. The molecule has 3 heterocycles. The van der Waals surface area contributed by atoms with Crippen molar-refractivity contribution in [2.75, 3.05) is 0 Å². The monoisotopic (exact) mass is 321 g/mol. The Morgan fingerprint density at radius 2 is 2.00 bits per heavy atom. The third-order valence-electron chi connectivity index (χ3n) is 2.51. The Labute approximate surface area is 103 Å². The highest BCUT2D eigenvalue weighted by molar-refractivity contribution is 9.10. The lowest BCUT2D eigenvalue weighted by Crippen LogP contribution is -2.02. The summed E-state index contributed by atoms with van der Waals surface area (Å²) in [4.78, 5) is 0. The summed E-state index contributed by atoms with van der Waals surface area (Å²) < 4.78 is 29.4. The van der Waals surface area contributed by atoms with E-state index in [2.05, 4.69) is 15.9 Å². The van der Waals surface area contributed by atoms with Crippen LogP contribution in [0.1, 0.15) is 0 Å². The largest absolute Gasteiger partial charge is 0.647 e. The molecule has 0 N–H and O–H groups in total. The third-order valence-corrected chi connectivity index (χ3v) is 5.02. The lowest BCUT2D eigenvalue weighted by atomic mass is 10.2. The molecule has 2 aliphatic rings. The second-order valence-electron chi connectivity index (χ2n) is 3.41. The summed E-state index contributed by atoms with van der Waals surface area (Å²) in [5, 5.41) is 0.670. The van der Waals surface area contributed by atoms with Crippen LogP contribution in [0.25, 0.3) is 10.9 Å². The predicted octanol–water partition coefficient (Wildman–Crippen LogP) is 3.68. The molecule has 0 saturated carbocycles. The van der Waals surface area contributed by atoms with Crippen molar-refractivity contribution in [1.29, 1.82) is 0 Å². The minimum atomic E-state index is -3.53. The number of aromatic nitrogens is 1. The second-order valence-corrected chi connectivity index (χ2v) is 5.94. The van der Waals surface area contributed by atoms with Crippen LogP contribution in [0, 0.1) is 0 Å². The van der Waals surface area contributed by atoms with Gasteiger partial charge in [0.2, 0.25) is 0 Å². The molecule has 0 saturated heterocycles. The predicted molar refractivity (Wildman–Crippen MR) is 60.4 cm³/mol. The Bertz CT molecular complexity index is 712. The normalized spacial score (nSPS) is 24.4. The maximum Gasteiger partial charge on any atom is 0.647 e. The Hall–Kier alpha value is -0.840. The molecule has 0 fully saturated rings. The van der Waals surface area contributed by atoms with Crippen LogP contribution in [0.15, 0.2) is 16.7 Å². The highest BCUT2D eigenvalue weighted by atomic mass is 79.9.